The van der Waals surface area contributed by atoms with Gasteiger partial charge in [0.15, 0.2) is 5.78 Å². The monoisotopic (exact) mass is 517 g/mol. The quantitative estimate of drug-likeness (QED) is 0.159. The van der Waals surface area contributed by atoms with E-state index in [1.54, 1.807) is 18.2 Å². The van der Waals surface area contributed by atoms with Gasteiger partial charge in [0.1, 0.15) is 11.3 Å². The lowest BCUT2D eigenvalue weighted by Crippen LogP contribution is -2.26. The number of unbranched alkanes of at least 4 members (excludes halogenated alkanes) is 2. The molecule has 0 unspecified atom stereocenters. The standard InChI is InChI=1S/C33H43NO4/c1-7-9-19-34(20-10-8-2)21-11-12-25-13-15-26(16-14-25)31(35)30-28-22-27(33(36)37-24(5)6)17-18-29(28)38-32(30)23(3)4/h11-18,22-24H,7-10,19-21H2,1-6H3. The molecule has 0 saturated carbocycles. The Morgan fingerprint density at radius 1 is 0.921 bits per heavy atom. The Balaban J connectivity index is 1.83. The Morgan fingerprint density at radius 2 is 1.55 bits per heavy atom. The Hall–Kier alpha value is -3.18. The number of esters is 1. The molecule has 0 N–H and O–H groups in total. The van der Waals surface area contributed by atoms with Gasteiger partial charge in [-0.3, -0.25) is 9.69 Å². The number of carbonyl (C=O) groups excluding carboxylic acids is 2. The maximum atomic E-state index is 13.7. The number of hydrogen-bond donors (Lipinski definition) is 0. The highest BCUT2D eigenvalue weighted by molar-refractivity contribution is 6.17. The van der Waals surface area contributed by atoms with E-state index in [0.717, 1.165) is 25.2 Å². The Bertz CT molecular complexity index is 1230. The summed E-state index contributed by atoms with van der Waals surface area (Å²) in [5, 5.41) is 0.639. The van der Waals surface area contributed by atoms with E-state index in [1.807, 2.05) is 52.0 Å². The van der Waals surface area contributed by atoms with Crippen LogP contribution in [0.1, 0.15) is 111 Å². The van der Waals surface area contributed by atoms with E-state index in [9.17, 15) is 9.59 Å². The minimum Gasteiger partial charge on any atom is -0.460 e. The maximum absolute atomic E-state index is 13.7. The highest BCUT2D eigenvalue weighted by atomic mass is 16.5. The number of nitrogens with zero attached hydrogens (tertiary/aromatic N) is 1. The first-order chi connectivity index (χ1) is 18.2. The number of ether oxygens (including phenoxy) is 1. The van der Waals surface area contributed by atoms with Crippen molar-refractivity contribution in [3.05, 3.63) is 76.6 Å². The average molecular weight is 518 g/mol. The molecule has 3 rings (SSSR count). The Labute approximate surface area is 227 Å². The smallest absolute Gasteiger partial charge is 0.338 e. The van der Waals surface area contributed by atoms with Gasteiger partial charge < -0.3 is 9.15 Å². The number of benzene rings is 2. The minimum atomic E-state index is -0.410. The lowest BCUT2D eigenvalue weighted by atomic mass is 9.95. The third-order valence-corrected chi connectivity index (χ3v) is 6.55. The van der Waals surface area contributed by atoms with Crippen LogP contribution in [0.2, 0.25) is 0 Å². The Morgan fingerprint density at radius 3 is 2.13 bits per heavy atom. The summed E-state index contributed by atoms with van der Waals surface area (Å²) in [6, 6.07) is 12.8. The van der Waals surface area contributed by atoms with Crippen molar-refractivity contribution in [2.24, 2.45) is 0 Å². The topological polar surface area (TPSA) is 59.8 Å². The van der Waals surface area contributed by atoms with Gasteiger partial charge in [-0.25, -0.2) is 4.79 Å². The third kappa shape index (κ3) is 7.67. The summed E-state index contributed by atoms with van der Waals surface area (Å²) in [6.07, 6.45) is 8.95. The van der Waals surface area contributed by atoms with Crippen molar-refractivity contribution in [1.29, 1.82) is 0 Å². The lowest BCUT2D eigenvalue weighted by molar-refractivity contribution is 0.0378. The van der Waals surface area contributed by atoms with Crippen LogP contribution in [0.15, 0.2) is 53.0 Å². The molecule has 0 bridgehead atoms. The van der Waals surface area contributed by atoms with Crippen LogP contribution in [0.5, 0.6) is 0 Å². The van der Waals surface area contributed by atoms with E-state index < -0.39 is 5.97 Å². The highest BCUT2D eigenvalue weighted by Gasteiger charge is 2.25. The summed E-state index contributed by atoms with van der Waals surface area (Å²) in [5.74, 6) is 0.120. The summed E-state index contributed by atoms with van der Waals surface area (Å²) in [4.78, 5) is 28.7. The first-order valence-corrected chi connectivity index (χ1v) is 14.1. The normalized spacial score (nSPS) is 11.9. The van der Waals surface area contributed by atoms with Crippen molar-refractivity contribution in [3.63, 3.8) is 0 Å². The molecule has 2 aromatic carbocycles. The molecule has 0 aliphatic heterocycles. The van der Waals surface area contributed by atoms with Gasteiger partial charge in [-0.1, -0.05) is 77.0 Å². The summed E-state index contributed by atoms with van der Waals surface area (Å²) in [7, 11) is 0. The molecule has 0 saturated heterocycles. The second kappa shape index (κ2) is 14.1. The molecule has 1 aromatic heterocycles. The number of ketones is 1. The van der Waals surface area contributed by atoms with Crippen molar-refractivity contribution >= 4 is 28.8 Å². The fourth-order valence-electron chi connectivity index (χ4n) is 4.45. The fourth-order valence-corrected chi connectivity index (χ4v) is 4.45. The molecule has 0 spiro atoms. The molecule has 0 aliphatic carbocycles. The van der Waals surface area contributed by atoms with Crippen molar-refractivity contribution in [3.8, 4) is 0 Å². The highest BCUT2D eigenvalue weighted by Crippen LogP contribution is 2.33. The average Bonchev–Trinajstić information content (AvgIpc) is 3.28. The molecule has 204 valence electrons. The van der Waals surface area contributed by atoms with Crippen molar-refractivity contribution < 1.29 is 18.7 Å². The van der Waals surface area contributed by atoms with Gasteiger partial charge in [-0.2, -0.15) is 0 Å². The summed E-state index contributed by atoms with van der Waals surface area (Å²) < 4.78 is 11.4. The maximum Gasteiger partial charge on any atom is 0.338 e. The molecule has 5 nitrogen and oxygen atoms in total. The SMILES string of the molecule is CCCCN(CC=Cc1ccc(C(=O)c2c(C(C)C)oc3ccc(C(=O)OC(C)C)cc23)cc1)CCCC. The molecular formula is C33H43NO4. The zero-order valence-electron chi connectivity index (χ0n) is 23.9. The number of rotatable bonds is 14. The van der Waals surface area contributed by atoms with E-state index in [-0.39, 0.29) is 17.8 Å². The summed E-state index contributed by atoms with van der Waals surface area (Å²) in [6.45, 7) is 15.3. The number of furan rings is 1. The zero-order chi connectivity index (χ0) is 27.7. The second-order valence-electron chi connectivity index (χ2n) is 10.5. The van der Waals surface area contributed by atoms with Crippen molar-refractivity contribution in [2.45, 2.75) is 79.2 Å². The molecule has 0 amide bonds. The number of carbonyl (C=O) groups is 2. The Kier molecular flexibility index (Phi) is 10.9. The van der Waals surface area contributed by atoms with Crippen LogP contribution < -0.4 is 0 Å². The van der Waals surface area contributed by atoms with E-state index in [0.29, 0.717) is 33.4 Å². The van der Waals surface area contributed by atoms with Gasteiger partial charge in [0, 0.05) is 23.4 Å². The van der Waals surface area contributed by atoms with Crippen LogP contribution in [0.3, 0.4) is 0 Å². The minimum absolute atomic E-state index is 0.0120. The second-order valence-corrected chi connectivity index (χ2v) is 10.5. The van der Waals surface area contributed by atoms with Gasteiger partial charge in [0.25, 0.3) is 0 Å². The van der Waals surface area contributed by atoms with Gasteiger partial charge >= 0.3 is 5.97 Å². The van der Waals surface area contributed by atoms with Crippen LogP contribution in [0, 0.1) is 0 Å². The van der Waals surface area contributed by atoms with E-state index in [1.165, 1.54) is 25.7 Å². The third-order valence-electron chi connectivity index (χ3n) is 6.55. The number of hydrogen-bond acceptors (Lipinski definition) is 5. The first kappa shape index (κ1) is 29.4. The predicted octanol–water partition coefficient (Wildman–Crippen LogP) is 8.27. The largest absolute Gasteiger partial charge is 0.460 e. The van der Waals surface area contributed by atoms with Crippen LogP contribution in [0.25, 0.3) is 17.0 Å². The number of fused-ring (bicyclic) bond motifs is 1. The fraction of sp³-hybridized carbons (Fsp3) is 0.455. The van der Waals surface area contributed by atoms with Crippen LogP contribution >= 0.6 is 0 Å². The molecule has 0 atom stereocenters. The predicted molar refractivity (Wildman–Crippen MR) is 156 cm³/mol. The molecule has 3 aromatic rings. The molecule has 0 aliphatic rings. The van der Waals surface area contributed by atoms with Gasteiger partial charge in [0.05, 0.1) is 17.2 Å². The van der Waals surface area contributed by atoms with Crippen LogP contribution in [0.4, 0.5) is 0 Å². The van der Waals surface area contributed by atoms with Crippen LogP contribution in [-0.2, 0) is 4.74 Å². The van der Waals surface area contributed by atoms with E-state index >= 15 is 0 Å². The van der Waals surface area contributed by atoms with Gasteiger partial charge in [-0.15, -0.1) is 0 Å². The van der Waals surface area contributed by atoms with E-state index in [2.05, 4.69) is 30.9 Å². The zero-order valence-corrected chi connectivity index (χ0v) is 23.9. The first-order valence-electron chi connectivity index (χ1n) is 14.1. The molecular weight excluding hydrogens is 474 g/mol. The van der Waals surface area contributed by atoms with Crippen molar-refractivity contribution in [1.82, 2.24) is 4.90 Å². The molecule has 1 heterocycles. The van der Waals surface area contributed by atoms with E-state index in [4.69, 9.17) is 9.15 Å². The van der Waals surface area contributed by atoms with Gasteiger partial charge in [-0.05, 0) is 63.5 Å². The van der Waals surface area contributed by atoms with Crippen LogP contribution in [-0.4, -0.2) is 42.4 Å². The summed E-state index contributed by atoms with van der Waals surface area (Å²) >= 11 is 0. The molecule has 38 heavy (non-hydrogen) atoms. The summed E-state index contributed by atoms with van der Waals surface area (Å²) in [5.41, 5.74) is 3.17. The molecule has 5 heteroatoms. The lowest BCUT2D eigenvalue weighted by Gasteiger charge is -2.19. The van der Waals surface area contributed by atoms with Crippen molar-refractivity contribution in [2.75, 3.05) is 19.6 Å². The molecule has 0 radical (unpaired) electrons. The van der Waals surface area contributed by atoms with Gasteiger partial charge in [0.2, 0.25) is 0 Å². The molecule has 0 fully saturated rings.